The summed E-state index contributed by atoms with van der Waals surface area (Å²) in [6.07, 6.45) is 1.18. The number of aryl methyl sites for hydroxylation is 1. The van der Waals surface area contributed by atoms with Crippen molar-refractivity contribution >= 4 is 11.2 Å². The van der Waals surface area contributed by atoms with Crippen LogP contribution in [0.4, 0.5) is 0 Å². The second-order valence-corrected chi connectivity index (χ2v) is 4.12. The van der Waals surface area contributed by atoms with Crippen LogP contribution in [0.5, 0.6) is 0 Å². The lowest BCUT2D eigenvalue weighted by molar-refractivity contribution is 0.738. The fraction of sp³-hybridized carbons (Fsp3) is 0.455. The first-order chi connectivity index (χ1) is 7.33. The molecule has 1 aliphatic rings. The molecule has 4 heteroatoms. The summed E-state index contributed by atoms with van der Waals surface area (Å²) in [5.74, 6) is 1.49. The Bertz CT molecular complexity index is 482. The summed E-state index contributed by atoms with van der Waals surface area (Å²) >= 11 is 0. The topological polar surface area (TPSA) is 53.6 Å². The Hall–Kier alpha value is -1.42. The molecule has 1 fully saturated rings. The van der Waals surface area contributed by atoms with E-state index in [-0.39, 0.29) is 0 Å². The lowest BCUT2D eigenvalue weighted by Gasteiger charge is -2.06. The van der Waals surface area contributed by atoms with E-state index < -0.39 is 0 Å². The Kier molecular flexibility index (Phi) is 1.95. The average molecular weight is 202 g/mol. The van der Waals surface area contributed by atoms with Gasteiger partial charge in [0.2, 0.25) is 0 Å². The van der Waals surface area contributed by atoms with Gasteiger partial charge in [0.15, 0.2) is 5.65 Å². The largest absolute Gasteiger partial charge is 0.341 e. The number of nitrogens with zero attached hydrogens (tertiary/aromatic N) is 2. The van der Waals surface area contributed by atoms with Crippen LogP contribution in [-0.4, -0.2) is 28.0 Å². The lowest BCUT2D eigenvalue weighted by Crippen LogP contribution is -2.08. The van der Waals surface area contributed by atoms with Gasteiger partial charge in [-0.25, -0.2) is 9.97 Å². The van der Waals surface area contributed by atoms with Crippen molar-refractivity contribution in [1.82, 2.24) is 20.3 Å². The van der Waals surface area contributed by atoms with Gasteiger partial charge in [0.1, 0.15) is 5.82 Å². The zero-order chi connectivity index (χ0) is 10.3. The summed E-state index contributed by atoms with van der Waals surface area (Å²) < 4.78 is 0. The number of hydrogen-bond acceptors (Lipinski definition) is 3. The van der Waals surface area contributed by atoms with Crippen molar-refractivity contribution in [2.24, 2.45) is 0 Å². The first-order valence-corrected chi connectivity index (χ1v) is 5.37. The van der Waals surface area contributed by atoms with Crippen LogP contribution < -0.4 is 5.32 Å². The van der Waals surface area contributed by atoms with Crippen LogP contribution in [0.2, 0.25) is 0 Å². The van der Waals surface area contributed by atoms with E-state index in [1.54, 1.807) is 0 Å². The molecule has 2 N–H and O–H groups in total. The molecular weight excluding hydrogens is 188 g/mol. The van der Waals surface area contributed by atoms with Gasteiger partial charge >= 0.3 is 0 Å². The van der Waals surface area contributed by atoms with Crippen LogP contribution in [0.25, 0.3) is 11.2 Å². The van der Waals surface area contributed by atoms with Gasteiger partial charge in [0, 0.05) is 18.2 Å². The highest BCUT2D eigenvalue weighted by molar-refractivity contribution is 5.70. The van der Waals surface area contributed by atoms with Gasteiger partial charge in [-0.05, 0) is 32.0 Å². The van der Waals surface area contributed by atoms with Gasteiger partial charge in [0.25, 0.3) is 0 Å². The van der Waals surface area contributed by atoms with Crippen LogP contribution in [0.15, 0.2) is 12.1 Å². The minimum atomic E-state index is 0.561. The number of imidazole rings is 1. The summed E-state index contributed by atoms with van der Waals surface area (Å²) in [6, 6.07) is 4.19. The molecular formula is C11H14N4. The quantitative estimate of drug-likeness (QED) is 0.733. The van der Waals surface area contributed by atoms with Gasteiger partial charge in [-0.3, -0.25) is 0 Å². The number of H-pyrrole nitrogens is 1. The third-order valence-electron chi connectivity index (χ3n) is 2.96. The molecule has 2 aromatic rings. The molecule has 0 saturated carbocycles. The number of hydrogen-bond donors (Lipinski definition) is 2. The van der Waals surface area contributed by atoms with Crippen LogP contribution in [0, 0.1) is 6.92 Å². The average Bonchev–Trinajstić information content (AvgIpc) is 2.82. The molecule has 0 bridgehead atoms. The Balaban J connectivity index is 2.04. The van der Waals surface area contributed by atoms with Gasteiger partial charge in [-0.15, -0.1) is 0 Å². The SMILES string of the molecule is Cc1nc2nc(C3CCNC3)ccc2[nH]1. The van der Waals surface area contributed by atoms with Crippen molar-refractivity contribution in [2.45, 2.75) is 19.3 Å². The van der Waals surface area contributed by atoms with Gasteiger partial charge in [-0.2, -0.15) is 0 Å². The van der Waals surface area contributed by atoms with E-state index in [0.717, 1.165) is 30.1 Å². The summed E-state index contributed by atoms with van der Waals surface area (Å²) in [5, 5.41) is 3.36. The number of fused-ring (bicyclic) bond motifs is 1. The molecule has 0 amide bonds. The molecule has 3 rings (SSSR count). The van der Waals surface area contributed by atoms with Crippen LogP contribution in [0.3, 0.4) is 0 Å². The lowest BCUT2D eigenvalue weighted by atomic mass is 10.0. The molecule has 78 valence electrons. The van der Waals surface area contributed by atoms with Crippen molar-refractivity contribution in [3.8, 4) is 0 Å². The summed E-state index contributed by atoms with van der Waals surface area (Å²) in [6.45, 7) is 4.10. The van der Waals surface area contributed by atoms with Crippen LogP contribution in [0.1, 0.15) is 23.9 Å². The summed E-state index contributed by atoms with van der Waals surface area (Å²) in [5.41, 5.74) is 3.04. The molecule has 2 aromatic heterocycles. The standard InChI is InChI=1S/C11H14N4/c1-7-13-10-3-2-9(15-11(10)14-7)8-4-5-12-6-8/h2-3,8,12H,4-6H2,1H3,(H,13,14,15). The third kappa shape index (κ3) is 1.51. The van der Waals surface area contributed by atoms with E-state index in [0.29, 0.717) is 5.92 Å². The fourth-order valence-corrected chi connectivity index (χ4v) is 2.16. The maximum absolute atomic E-state index is 4.60. The van der Waals surface area contributed by atoms with E-state index in [1.165, 1.54) is 12.1 Å². The predicted octanol–water partition coefficient (Wildman–Crippen LogP) is 1.34. The number of aromatic nitrogens is 3. The van der Waals surface area contributed by atoms with Crippen molar-refractivity contribution in [2.75, 3.05) is 13.1 Å². The molecule has 1 unspecified atom stereocenters. The van der Waals surface area contributed by atoms with Crippen molar-refractivity contribution in [1.29, 1.82) is 0 Å². The minimum Gasteiger partial charge on any atom is -0.341 e. The molecule has 1 aliphatic heterocycles. The fourth-order valence-electron chi connectivity index (χ4n) is 2.16. The highest BCUT2D eigenvalue weighted by Crippen LogP contribution is 2.22. The zero-order valence-electron chi connectivity index (χ0n) is 8.75. The van der Waals surface area contributed by atoms with Crippen molar-refractivity contribution in [3.63, 3.8) is 0 Å². The van der Waals surface area contributed by atoms with Crippen LogP contribution in [-0.2, 0) is 0 Å². The maximum Gasteiger partial charge on any atom is 0.177 e. The predicted molar refractivity (Wildman–Crippen MR) is 58.9 cm³/mol. The summed E-state index contributed by atoms with van der Waals surface area (Å²) in [4.78, 5) is 12.1. The van der Waals surface area contributed by atoms with E-state index in [2.05, 4.69) is 32.4 Å². The van der Waals surface area contributed by atoms with Crippen molar-refractivity contribution in [3.05, 3.63) is 23.7 Å². The second kappa shape index (κ2) is 3.31. The number of aromatic amines is 1. The first kappa shape index (κ1) is 8.85. The minimum absolute atomic E-state index is 0.561. The van der Waals surface area contributed by atoms with Gasteiger partial charge < -0.3 is 10.3 Å². The second-order valence-electron chi connectivity index (χ2n) is 4.12. The maximum atomic E-state index is 4.60. The van der Waals surface area contributed by atoms with E-state index >= 15 is 0 Å². The Labute approximate surface area is 88.1 Å². The zero-order valence-corrected chi connectivity index (χ0v) is 8.75. The summed E-state index contributed by atoms with van der Waals surface area (Å²) in [7, 11) is 0. The first-order valence-electron chi connectivity index (χ1n) is 5.37. The molecule has 3 heterocycles. The molecule has 4 nitrogen and oxygen atoms in total. The Morgan fingerprint density at radius 2 is 2.27 bits per heavy atom. The highest BCUT2D eigenvalue weighted by atomic mass is 15.0. The molecule has 0 aliphatic carbocycles. The number of rotatable bonds is 1. The van der Waals surface area contributed by atoms with E-state index in [9.17, 15) is 0 Å². The number of pyridine rings is 1. The highest BCUT2D eigenvalue weighted by Gasteiger charge is 2.18. The normalized spacial score (nSPS) is 21.3. The molecule has 15 heavy (non-hydrogen) atoms. The molecule has 0 spiro atoms. The molecule has 0 aromatic carbocycles. The Morgan fingerprint density at radius 3 is 3.07 bits per heavy atom. The molecule has 1 saturated heterocycles. The smallest absolute Gasteiger partial charge is 0.177 e. The van der Waals surface area contributed by atoms with Gasteiger partial charge in [-0.1, -0.05) is 0 Å². The van der Waals surface area contributed by atoms with E-state index in [1.807, 2.05) is 6.92 Å². The van der Waals surface area contributed by atoms with Gasteiger partial charge in [0.05, 0.1) is 5.52 Å². The molecule has 0 radical (unpaired) electrons. The number of nitrogens with one attached hydrogen (secondary N) is 2. The van der Waals surface area contributed by atoms with Crippen molar-refractivity contribution < 1.29 is 0 Å². The van der Waals surface area contributed by atoms with Crippen LogP contribution >= 0.6 is 0 Å². The molecule has 1 atom stereocenters. The monoisotopic (exact) mass is 202 g/mol. The van der Waals surface area contributed by atoms with E-state index in [4.69, 9.17) is 0 Å². The Morgan fingerprint density at radius 1 is 1.33 bits per heavy atom. The third-order valence-corrected chi connectivity index (χ3v) is 2.96.